The van der Waals surface area contributed by atoms with Crippen LogP contribution < -0.4 is 5.73 Å². The van der Waals surface area contributed by atoms with Crippen LogP contribution in [0.2, 0.25) is 0 Å². The second-order valence-electron chi connectivity index (χ2n) is 5.88. The van der Waals surface area contributed by atoms with Gasteiger partial charge in [0.05, 0.1) is 30.8 Å². The van der Waals surface area contributed by atoms with E-state index in [4.69, 9.17) is 10.5 Å². The fraction of sp³-hybridized carbons (Fsp3) is 0.786. The number of nitrogens with two attached hydrogens (primary N) is 1. The van der Waals surface area contributed by atoms with Crippen molar-refractivity contribution in [2.75, 3.05) is 19.7 Å². The lowest BCUT2D eigenvalue weighted by Gasteiger charge is -2.41. The zero-order valence-corrected chi connectivity index (χ0v) is 11.8. The van der Waals surface area contributed by atoms with Gasteiger partial charge in [0.1, 0.15) is 0 Å². The molecule has 2 aliphatic rings. The Morgan fingerprint density at radius 1 is 1.47 bits per heavy atom. The molecule has 2 fully saturated rings. The zero-order chi connectivity index (χ0) is 13.4. The van der Waals surface area contributed by atoms with E-state index in [0.29, 0.717) is 12.6 Å². The van der Waals surface area contributed by atoms with Crippen LogP contribution in [0.5, 0.6) is 0 Å². The van der Waals surface area contributed by atoms with Crippen LogP contribution in [0.4, 0.5) is 0 Å². The fourth-order valence-electron chi connectivity index (χ4n) is 3.10. The maximum absolute atomic E-state index is 5.93. The highest BCUT2D eigenvalue weighted by Crippen LogP contribution is 2.39. The Balaban J connectivity index is 1.93. The Morgan fingerprint density at radius 2 is 2.26 bits per heavy atom. The molecule has 3 rings (SSSR count). The molecule has 0 bridgehead atoms. The van der Waals surface area contributed by atoms with Gasteiger partial charge in [-0.05, 0) is 26.7 Å². The van der Waals surface area contributed by atoms with Gasteiger partial charge in [-0.15, -0.1) is 0 Å². The highest BCUT2D eigenvalue weighted by atomic mass is 16.5. The number of morpholine rings is 1. The summed E-state index contributed by atoms with van der Waals surface area (Å²) in [6, 6.07) is 1.40. The molecule has 2 N–H and O–H groups in total. The molecule has 2 atom stereocenters. The number of aromatic nitrogens is 2. The van der Waals surface area contributed by atoms with Gasteiger partial charge in [0.25, 0.3) is 0 Å². The number of nitrogens with zero attached hydrogens (tertiary/aromatic N) is 3. The first-order valence-corrected chi connectivity index (χ1v) is 7.31. The van der Waals surface area contributed by atoms with Gasteiger partial charge < -0.3 is 15.0 Å². The average Bonchev–Trinajstić information content (AvgIpc) is 3.14. The summed E-state index contributed by atoms with van der Waals surface area (Å²) in [7, 11) is 0. The van der Waals surface area contributed by atoms with Crippen LogP contribution in [0.15, 0.2) is 12.5 Å². The first-order valence-electron chi connectivity index (χ1n) is 7.31. The first kappa shape index (κ1) is 13.1. The van der Waals surface area contributed by atoms with Crippen LogP contribution in [0.3, 0.4) is 0 Å². The van der Waals surface area contributed by atoms with Gasteiger partial charge in [0.2, 0.25) is 0 Å². The van der Waals surface area contributed by atoms with Crippen molar-refractivity contribution in [1.82, 2.24) is 14.5 Å². The third-order valence-corrected chi connectivity index (χ3v) is 4.19. The van der Waals surface area contributed by atoms with Crippen LogP contribution in [-0.4, -0.2) is 46.3 Å². The Morgan fingerprint density at radius 3 is 2.89 bits per heavy atom. The molecule has 0 spiro atoms. The van der Waals surface area contributed by atoms with E-state index in [1.807, 2.05) is 12.5 Å². The van der Waals surface area contributed by atoms with E-state index in [1.54, 1.807) is 0 Å². The monoisotopic (exact) mass is 264 g/mol. The van der Waals surface area contributed by atoms with Crippen molar-refractivity contribution in [3.8, 4) is 0 Å². The van der Waals surface area contributed by atoms with E-state index in [1.165, 1.54) is 18.5 Å². The molecule has 106 valence electrons. The van der Waals surface area contributed by atoms with Crippen LogP contribution in [0.1, 0.15) is 44.5 Å². The lowest BCUT2D eigenvalue weighted by molar-refractivity contribution is -0.0738. The molecular weight excluding hydrogens is 240 g/mol. The third kappa shape index (κ3) is 2.42. The van der Waals surface area contributed by atoms with E-state index in [2.05, 4.69) is 28.3 Å². The highest BCUT2D eigenvalue weighted by Gasteiger charge is 2.42. The highest BCUT2D eigenvalue weighted by molar-refractivity contribution is 5.12. The van der Waals surface area contributed by atoms with Crippen molar-refractivity contribution in [3.63, 3.8) is 0 Å². The summed E-state index contributed by atoms with van der Waals surface area (Å²) in [6.07, 6.45) is 6.61. The molecular formula is C14H24N4O. The molecule has 1 aromatic rings. The topological polar surface area (TPSA) is 56.3 Å². The first-order chi connectivity index (χ1) is 9.22. The predicted molar refractivity (Wildman–Crippen MR) is 73.9 cm³/mol. The Hall–Kier alpha value is -0.910. The quantitative estimate of drug-likeness (QED) is 0.891. The third-order valence-electron chi connectivity index (χ3n) is 4.19. The molecule has 0 radical (unpaired) electrons. The van der Waals surface area contributed by atoms with Gasteiger partial charge in [0, 0.05) is 31.4 Å². The summed E-state index contributed by atoms with van der Waals surface area (Å²) in [5.41, 5.74) is 7.17. The van der Waals surface area contributed by atoms with Gasteiger partial charge in [-0.1, -0.05) is 0 Å². The standard InChI is InChI=1S/C14H24N4O/c1-10(2)18-9-16-8-12(18)14-13(7-15)19-6-5-17(14)11-3-4-11/h8-11,13-14H,3-7,15H2,1-2H3. The normalized spacial score (nSPS) is 29.1. The van der Waals surface area contributed by atoms with Crippen LogP contribution in [-0.2, 0) is 4.74 Å². The van der Waals surface area contributed by atoms with Crippen LogP contribution in [0.25, 0.3) is 0 Å². The Kier molecular flexibility index (Phi) is 3.60. The Labute approximate surface area is 114 Å². The molecule has 5 nitrogen and oxygen atoms in total. The summed E-state index contributed by atoms with van der Waals surface area (Å²) in [6.45, 7) is 6.75. The number of hydrogen-bond acceptors (Lipinski definition) is 4. The summed E-state index contributed by atoms with van der Waals surface area (Å²) in [4.78, 5) is 6.92. The molecule has 1 saturated heterocycles. The van der Waals surface area contributed by atoms with E-state index < -0.39 is 0 Å². The largest absolute Gasteiger partial charge is 0.374 e. The van der Waals surface area contributed by atoms with Crippen molar-refractivity contribution in [2.45, 2.75) is 50.9 Å². The smallest absolute Gasteiger partial charge is 0.0951 e. The molecule has 2 heterocycles. The molecule has 1 aliphatic carbocycles. The SMILES string of the molecule is CC(C)n1cncc1C1C(CN)OCCN1C1CC1. The van der Waals surface area contributed by atoms with Gasteiger partial charge in [-0.25, -0.2) is 4.98 Å². The molecule has 1 aromatic heterocycles. The molecule has 19 heavy (non-hydrogen) atoms. The van der Waals surface area contributed by atoms with Gasteiger partial charge in [-0.2, -0.15) is 0 Å². The second kappa shape index (κ2) is 5.23. The van der Waals surface area contributed by atoms with E-state index in [-0.39, 0.29) is 12.1 Å². The Bertz CT molecular complexity index is 427. The molecule has 0 aromatic carbocycles. The number of rotatable bonds is 4. The minimum absolute atomic E-state index is 0.0866. The van der Waals surface area contributed by atoms with Crippen LogP contribution in [0, 0.1) is 0 Å². The lowest BCUT2D eigenvalue weighted by atomic mass is 10.0. The van der Waals surface area contributed by atoms with Crippen molar-refractivity contribution < 1.29 is 4.74 Å². The molecule has 2 unspecified atom stereocenters. The molecule has 0 amide bonds. The minimum atomic E-state index is 0.0866. The summed E-state index contributed by atoms with van der Waals surface area (Å²) < 4.78 is 8.15. The van der Waals surface area contributed by atoms with Crippen LogP contribution >= 0.6 is 0 Å². The minimum Gasteiger partial charge on any atom is -0.374 e. The van der Waals surface area contributed by atoms with E-state index in [0.717, 1.165) is 19.2 Å². The number of imidazole rings is 1. The maximum Gasteiger partial charge on any atom is 0.0951 e. The van der Waals surface area contributed by atoms with E-state index in [9.17, 15) is 0 Å². The zero-order valence-electron chi connectivity index (χ0n) is 11.8. The van der Waals surface area contributed by atoms with Gasteiger partial charge in [0.15, 0.2) is 0 Å². The predicted octanol–water partition coefficient (Wildman–Crippen LogP) is 1.33. The number of hydrogen-bond donors (Lipinski definition) is 1. The fourth-order valence-corrected chi connectivity index (χ4v) is 3.10. The van der Waals surface area contributed by atoms with Gasteiger partial charge >= 0.3 is 0 Å². The lowest BCUT2D eigenvalue weighted by Crippen LogP contribution is -2.49. The second-order valence-corrected chi connectivity index (χ2v) is 5.88. The van der Waals surface area contributed by atoms with Crippen molar-refractivity contribution in [2.24, 2.45) is 5.73 Å². The number of ether oxygens (including phenoxy) is 1. The average molecular weight is 264 g/mol. The summed E-state index contributed by atoms with van der Waals surface area (Å²) in [5.74, 6) is 0. The van der Waals surface area contributed by atoms with Crippen molar-refractivity contribution in [3.05, 3.63) is 18.2 Å². The summed E-state index contributed by atoms with van der Waals surface area (Å²) in [5, 5.41) is 0. The molecule has 1 saturated carbocycles. The molecule has 5 heteroatoms. The van der Waals surface area contributed by atoms with Gasteiger partial charge in [-0.3, -0.25) is 4.90 Å². The maximum atomic E-state index is 5.93. The summed E-state index contributed by atoms with van der Waals surface area (Å²) >= 11 is 0. The van der Waals surface area contributed by atoms with Crippen molar-refractivity contribution in [1.29, 1.82) is 0 Å². The van der Waals surface area contributed by atoms with Crippen molar-refractivity contribution >= 4 is 0 Å². The van der Waals surface area contributed by atoms with E-state index >= 15 is 0 Å². The molecule has 1 aliphatic heterocycles.